The first-order valence-corrected chi connectivity index (χ1v) is 9.11. The van der Waals surface area contributed by atoms with E-state index in [2.05, 4.69) is 5.32 Å². The summed E-state index contributed by atoms with van der Waals surface area (Å²) >= 11 is 0. The molecular formula is C20H27NO4. The first-order chi connectivity index (χ1) is 12.1. The van der Waals surface area contributed by atoms with E-state index in [4.69, 9.17) is 4.74 Å². The summed E-state index contributed by atoms with van der Waals surface area (Å²) < 4.78 is 5.14. The van der Waals surface area contributed by atoms with Crippen LogP contribution in [-0.4, -0.2) is 30.3 Å². The van der Waals surface area contributed by atoms with E-state index < -0.39 is 12.1 Å². The molecule has 5 heteroatoms. The Morgan fingerprint density at radius 1 is 1.08 bits per heavy atom. The van der Waals surface area contributed by atoms with Gasteiger partial charge < -0.3 is 10.1 Å². The average molecular weight is 345 g/mol. The monoisotopic (exact) mass is 345 g/mol. The Hall–Kier alpha value is -2.17. The summed E-state index contributed by atoms with van der Waals surface area (Å²) in [6, 6.07) is 8.83. The molecule has 1 aromatic carbocycles. The SMILES string of the molecule is CC(OC(=O)CCC(=O)c1ccccc1)C(=O)NCC1CCCCC1. The van der Waals surface area contributed by atoms with Crippen molar-refractivity contribution in [2.45, 2.75) is 58.0 Å². The highest BCUT2D eigenvalue weighted by Gasteiger charge is 2.20. The number of ether oxygens (including phenoxy) is 1. The summed E-state index contributed by atoms with van der Waals surface area (Å²) in [5, 5.41) is 2.87. The number of hydrogen-bond acceptors (Lipinski definition) is 4. The summed E-state index contributed by atoms with van der Waals surface area (Å²) in [5.41, 5.74) is 0.577. The maximum absolute atomic E-state index is 12.0. The fraction of sp³-hybridized carbons (Fsp3) is 0.550. The van der Waals surface area contributed by atoms with Crippen LogP contribution < -0.4 is 5.32 Å². The molecule has 0 aromatic heterocycles. The summed E-state index contributed by atoms with van der Waals surface area (Å²) in [4.78, 5) is 35.8. The number of esters is 1. The molecule has 1 atom stereocenters. The van der Waals surface area contributed by atoms with Gasteiger partial charge in [-0.25, -0.2) is 0 Å². The number of hydrogen-bond donors (Lipinski definition) is 1. The lowest BCUT2D eigenvalue weighted by Crippen LogP contribution is -2.38. The Bertz CT molecular complexity index is 579. The van der Waals surface area contributed by atoms with E-state index in [0.717, 1.165) is 12.8 Å². The molecule has 1 fully saturated rings. The van der Waals surface area contributed by atoms with Crippen LogP contribution in [0.25, 0.3) is 0 Å². The Kier molecular flexibility index (Phi) is 7.64. The standard InChI is InChI=1S/C20H27NO4/c1-15(20(24)21-14-16-8-4-2-5-9-16)25-19(23)13-12-18(22)17-10-6-3-7-11-17/h3,6-7,10-11,15-16H,2,4-5,8-9,12-14H2,1H3,(H,21,24). The lowest BCUT2D eigenvalue weighted by atomic mass is 9.89. The Balaban J connectivity index is 1.66. The highest BCUT2D eigenvalue weighted by molar-refractivity contribution is 5.97. The predicted molar refractivity (Wildman–Crippen MR) is 95.1 cm³/mol. The molecule has 1 unspecified atom stereocenters. The number of nitrogens with one attached hydrogen (secondary N) is 1. The molecule has 0 saturated heterocycles. The molecule has 1 aliphatic rings. The van der Waals surface area contributed by atoms with Crippen molar-refractivity contribution in [3.63, 3.8) is 0 Å². The van der Waals surface area contributed by atoms with Crippen LogP contribution >= 0.6 is 0 Å². The second-order valence-corrected chi connectivity index (χ2v) is 6.67. The quantitative estimate of drug-likeness (QED) is 0.580. The van der Waals surface area contributed by atoms with Gasteiger partial charge in [0.15, 0.2) is 11.9 Å². The minimum atomic E-state index is -0.831. The molecule has 1 amide bonds. The van der Waals surface area contributed by atoms with Gasteiger partial charge in [0.25, 0.3) is 5.91 Å². The van der Waals surface area contributed by atoms with Crippen molar-refractivity contribution in [1.82, 2.24) is 5.32 Å². The summed E-state index contributed by atoms with van der Waals surface area (Å²) in [7, 11) is 0. The molecule has 5 nitrogen and oxygen atoms in total. The third-order valence-electron chi connectivity index (χ3n) is 4.62. The number of Topliss-reactive ketones (excluding diaryl/α,β-unsaturated/α-hetero) is 1. The molecule has 2 rings (SSSR count). The second kappa shape index (κ2) is 9.97. The summed E-state index contributed by atoms with van der Waals surface area (Å²) in [6.07, 6.45) is 5.25. The lowest BCUT2D eigenvalue weighted by Gasteiger charge is -2.22. The van der Waals surface area contributed by atoms with E-state index in [1.54, 1.807) is 31.2 Å². The molecule has 0 bridgehead atoms. The molecule has 25 heavy (non-hydrogen) atoms. The van der Waals surface area contributed by atoms with Gasteiger partial charge in [-0.05, 0) is 25.7 Å². The van der Waals surface area contributed by atoms with Crippen LogP contribution in [0.4, 0.5) is 0 Å². The largest absolute Gasteiger partial charge is 0.453 e. The second-order valence-electron chi connectivity index (χ2n) is 6.67. The maximum Gasteiger partial charge on any atom is 0.307 e. The summed E-state index contributed by atoms with van der Waals surface area (Å²) in [6.45, 7) is 2.21. The number of benzene rings is 1. The Labute approximate surface area is 149 Å². The minimum absolute atomic E-state index is 0.0199. The van der Waals surface area contributed by atoms with Gasteiger partial charge in [-0.15, -0.1) is 0 Å². The first kappa shape index (κ1) is 19.2. The number of rotatable bonds is 8. The molecule has 0 heterocycles. The number of carbonyl (C=O) groups excluding carboxylic acids is 3. The first-order valence-electron chi connectivity index (χ1n) is 9.11. The van der Waals surface area contributed by atoms with Crippen molar-refractivity contribution in [3.8, 4) is 0 Å². The summed E-state index contributed by atoms with van der Waals surface area (Å²) in [5.74, 6) is -0.367. The number of amides is 1. The topological polar surface area (TPSA) is 72.5 Å². The molecule has 136 valence electrons. The smallest absolute Gasteiger partial charge is 0.307 e. The molecule has 0 radical (unpaired) electrons. The molecule has 0 aliphatic heterocycles. The normalized spacial score (nSPS) is 16.0. The van der Waals surface area contributed by atoms with Crippen LogP contribution in [-0.2, 0) is 14.3 Å². The molecular weight excluding hydrogens is 318 g/mol. The van der Waals surface area contributed by atoms with Gasteiger partial charge in [0.1, 0.15) is 0 Å². The fourth-order valence-electron chi connectivity index (χ4n) is 3.07. The van der Waals surface area contributed by atoms with E-state index in [1.165, 1.54) is 19.3 Å². The van der Waals surface area contributed by atoms with Crippen LogP contribution in [0.2, 0.25) is 0 Å². The zero-order chi connectivity index (χ0) is 18.1. The van der Waals surface area contributed by atoms with Crippen molar-refractivity contribution in [2.75, 3.05) is 6.54 Å². The van der Waals surface area contributed by atoms with Gasteiger partial charge in [0.2, 0.25) is 0 Å². The van der Waals surface area contributed by atoms with E-state index in [0.29, 0.717) is 18.0 Å². The van der Waals surface area contributed by atoms with Crippen LogP contribution in [0.5, 0.6) is 0 Å². The van der Waals surface area contributed by atoms with Crippen molar-refractivity contribution in [1.29, 1.82) is 0 Å². The van der Waals surface area contributed by atoms with Crippen molar-refractivity contribution in [3.05, 3.63) is 35.9 Å². The lowest BCUT2D eigenvalue weighted by molar-refractivity contribution is -0.154. The van der Waals surface area contributed by atoms with Gasteiger partial charge >= 0.3 is 5.97 Å². The molecule has 0 spiro atoms. The zero-order valence-electron chi connectivity index (χ0n) is 14.8. The molecule has 1 saturated carbocycles. The maximum atomic E-state index is 12.0. The van der Waals surface area contributed by atoms with Crippen LogP contribution in [0.15, 0.2) is 30.3 Å². The van der Waals surface area contributed by atoms with E-state index >= 15 is 0 Å². The van der Waals surface area contributed by atoms with Gasteiger partial charge in [-0.1, -0.05) is 49.6 Å². The molecule has 1 aliphatic carbocycles. The van der Waals surface area contributed by atoms with Crippen LogP contribution in [0, 0.1) is 5.92 Å². The van der Waals surface area contributed by atoms with Gasteiger partial charge in [0.05, 0.1) is 6.42 Å². The van der Waals surface area contributed by atoms with Gasteiger partial charge in [-0.2, -0.15) is 0 Å². The van der Waals surface area contributed by atoms with Gasteiger partial charge in [0, 0.05) is 18.5 Å². The van der Waals surface area contributed by atoms with Gasteiger partial charge in [-0.3, -0.25) is 14.4 Å². The van der Waals surface area contributed by atoms with Crippen LogP contribution in [0.3, 0.4) is 0 Å². The number of carbonyl (C=O) groups is 3. The van der Waals surface area contributed by atoms with Crippen LogP contribution in [0.1, 0.15) is 62.2 Å². The zero-order valence-corrected chi connectivity index (χ0v) is 14.8. The minimum Gasteiger partial charge on any atom is -0.453 e. The third-order valence-corrected chi connectivity index (χ3v) is 4.62. The molecule has 1 aromatic rings. The predicted octanol–water partition coefficient (Wildman–Crippen LogP) is 3.28. The average Bonchev–Trinajstić information content (AvgIpc) is 2.65. The fourth-order valence-corrected chi connectivity index (χ4v) is 3.07. The van der Waals surface area contributed by atoms with E-state index in [1.807, 2.05) is 6.07 Å². The highest BCUT2D eigenvalue weighted by atomic mass is 16.5. The van der Waals surface area contributed by atoms with E-state index in [9.17, 15) is 14.4 Å². The van der Waals surface area contributed by atoms with Crippen molar-refractivity contribution < 1.29 is 19.1 Å². The third kappa shape index (κ3) is 6.69. The molecule has 1 N–H and O–H groups in total. The van der Waals surface area contributed by atoms with Crippen molar-refractivity contribution in [2.24, 2.45) is 5.92 Å². The van der Waals surface area contributed by atoms with E-state index in [-0.39, 0.29) is 24.5 Å². The Morgan fingerprint density at radius 3 is 2.44 bits per heavy atom. The van der Waals surface area contributed by atoms with Crippen molar-refractivity contribution >= 4 is 17.7 Å². The highest BCUT2D eigenvalue weighted by Crippen LogP contribution is 2.22. The Morgan fingerprint density at radius 2 is 1.76 bits per heavy atom. The number of ketones is 1.